The molecule has 0 radical (unpaired) electrons. The van der Waals surface area contributed by atoms with Crippen molar-refractivity contribution in [3.05, 3.63) is 17.8 Å². The molecule has 1 saturated carbocycles. The normalized spacial score (nSPS) is 13.5. The Morgan fingerprint density at radius 1 is 1.29 bits per heavy atom. The maximum absolute atomic E-state index is 11.9. The first-order valence-corrected chi connectivity index (χ1v) is 7.20. The van der Waals surface area contributed by atoms with Gasteiger partial charge in [0.05, 0.1) is 11.9 Å². The molecule has 0 saturated heterocycles. The number of carboxylic acid groups (broad SMARTS) is 1. The third kappa shape index (κ3) is 5.87. The number of carbonyl (C=O) groups excluding carboxylic acids is 2. The molecule has 1 aromatic heterocycles. The number of hydrogen-bond acceptors (Lipinski definition) is 5. The number of carboxylic acids is 1. The number of aliphatic carboxylic acids is 1. The number of rotatable bonds is 3. The van der Waals surface area contributed by atoms with E-state index in [0.29, 0.717) is 5.82 Å². The molecule has 1 aromatic rings. The Morgan fingerprint density at radius 2 is 1.92 bits per heavy atom. The van der Waals surface area contributed by atoms with Crippen LogP contribution in [0.1, 0.15) is 46.5 Å². The minimum absolute atomic E-state index is 0. The van der Waals surface area contributed by atoms with Gasteiger partial charge in [0.25, 0.3) is 0 Å². The van der Waals surface area contributed by atoms with Gasteiger partial charge in [-0.1, -0.05) is 0 Å². The van der Waals surface area contributed by atoms with Crippen LogP contribution in [0.15, 0.2) is 12.3 Å². The standard InChI is InChI=1S/C15H19N3O5.Li.H/c1-15(2,3)23-14(22)18-11-10(8-4-5-8)6-9(7-16-11)17-12(19)13(20)21;;/h6-8H,4-5H2,1-3H3,(H,17,19)(H,20,21)(H,16,18,22);;/q;+1;-1. The Labute approximate surface area is 153 Å². The van der Waals surface area contributed by atoms with Gasteiger partial charge in [-0.3, -0.25) is 10.1 Å². The van der Waals surface area contributed by atoms with E-state index in [2.05, 4.69) is 15.6 Å². The summed E-state index contributed by atoms with van der Waals surface area (Å²) in [5, 5.41) is 13.4. The zero-order valence-corrected chi connectivity index (χ0v) is 14.2. The molecule has 1 fully saturated rings. The van der Waals surface area contributed by atoms with Crippen LogP contribution >= 0.6 is 0 Å². The van der Waals surface area contributed by atoms with Crippen molar-refractivity contribution in [1.29, 1.82) is 0 Å². The summed E-state index contributed by atoms with van der Waals surface area (Å²) in [6, 6.07) is 1.62. The monoisotopic (exact) mass is 329 g/mol. The predicted molar refractivity (Wildman–Crippen MR) is 83.4 cm³/mol. The molecule has 8 nitrogen and oxygen atoms in total. The van der Waals surface area contributed by atoms with Gasteiger partial charge in [0.2, 0.25) is 0 Å². The van der Waals surface area contributed by atoms with E-state index in [1.54, 1.807) is 26.8 Å². The van der Waals surface area contributed by atoms with Gasteiger partial charge < -0.3 is 16.6 Å². The van der Waals surface area contributed by atoms with Crippen molar-refractivity contribution in [3.63, 3.8) is 0 Å². The first kappa shape index (κ1) is 20.0. The number of aromatic nitrogens is 1. The summed E-state index contributed by atoms with van der Waals surface area (Å²) >= 11 is 0. The average Bonchev–Trinajstić information content (AvgIpc) is 3.22. The van der Waals surface area contributed by atoms with Gasteiger partial charge in [0.15, 0.2) is 0 Å². The topological polar surface area (TPSA) is 118 Å². The van der Waals surface area contributed by atoms with Crippen LogP contribution in [0.4, 0.5) is 16.3 Å². The van der Waals surface area contributed by atoms with E-state index in [9.17, 15) is 14.4 Å². The molecular weight excluding hydrogens is 309 g/mol. The van der Waals surface area contributed by atoms with Gasteiger partial charge in [-0.05, 0) is 45.6 Å². The average molecular weight is 329 g/mol. The van der Waals surface area contributed by atoms with Crippen molar-refractivity contribution >= 4 is 29.5 Å². The largest absolute Gasteiger partial charge is 1.00 e. The SMILES string of the molecule is CC(C)(C)OC(=O)Nc1ncc(NC(=O)C(=O)O)cc1C1CC1.[H-].[Li+]. The van der Waals surface area contributed by atoms with Crippen molar-refractivity contribution in [1.82, 2.24) is 4.98 Å². The van der Waals surface area contributed by atoms with Crippen LogP contribution in [-0.4, -0.2) is 33.7 Å². The van der Waals surface area contributed by atoms with Gasteiger partial charge in [-0.2, -0.15) is 0 Å². The Hall–Kier alpha value is -2.04. The summed E-state index contributed by atoms with van der Waals surface area (Å²) in [7, 11) is 0. The van der Waals surface area contributed by atoms with Gasteiger partial charge in [-0.25, -0.2) is 14.6 Å². The fourth-order valence-electron chi connectivity index (χ4n) is 1.94. The van der Waals surface area contributed by atoms with E-state index >= 15 is 0 Å². The number of nitrogens with one attached hydrogen (secondary N) is 2. The minimum Gasteiger partial charge on any atom is -1.00 e. The van der Waals surface area contributed by atoms with Crippen LogP contribution in [-0.2, 0) is 14.3 Å². The molecule has 1 aliphatic rings. The van der Waals surface area contributed by atoms with E-state index in [-0.39, 0.29) is 31.9 Å². The van der Waals surface area contributed by atoms with Crippen molar-refractivity contribution in [2.45, 2.75) is 45.1 Å². The number of anilines is 2. The first-order valence-electron chi connectivity index (χ1n) is 7.20. The molecular formula is C15H20LiN3O5. The summed E-state index contributed by atoms with van der Waals surface area (Å²) in [6.45, 7) is 5.27. The van der Waals surface area contributed by atoms with Crippen LogP contribution in [0.5, 0.6) is 0 Å². The van der Waals surface area contributed by atoms with Crippen LogP contribution in [0.2, 0.25) is 0 Å². The summed E-state index contributed by atoms with van der Waals surface area (Å²) in [4.78, 5) is 37.7. The molecule has 3 N–H and O–H groups in total. The van der Waals surface area contributed by atoms with Gasteiger partial charge in [0.1, 0.15) is 11.4 Å². The third-order valence-electron chi connectivity index (χ3n) is 3.01. The Balaban J connectivity index is 0.00000288. The molecule has 9 heteroatoms. The molecule has 0 aromatic carbocycles. The van der Waals surface area contributed by atoms with E-state index in [1.807, 2.05) is 0 Å². The zero-order chi connectivity index (χ0) is 17.2. The molecule has 0 unspecified atom stereocenters. The van der Waals surface area contributed by atoms with Crippen LogP contribution in [0.25, 0.3) is 0 Å². The molecule has 126 valence electrons. The van der Waals surface area contributed by atoms with Crippen LogP contribution in [0, 0.1) is 0 Å². The summed E-state index contributed by atoms with van der Waals surface area (Å²) in [5.41, 5.74) is 0.396. The second kappa shape index (κ2) is 7.68. The number of amides is 2. The fraction of sp³-hybridized carbons (Fsp3) is 0.467. The maximum Gasteiger partial charge on any atom is 1.00 e. The van der Waals surface area contributed by atoms with E-state index < -0.39 is 23.6 Å². The number of nitrogens with zero attached hydrogens (tertiary/aromatic N) is 1. The van der Waals surface area contributed by atoms with Gasteiger partial charge >= 0.3 is 36.8 Å². The molecule has 0 bridgehead atoms. The number of ether oxygens (including phenoxy) is 1. The number of pyridine rings is 1. The Morgan fingerprint density at radius 3 is 2.42 bits per heavy atom. The fourth-order valence-corrected chi connectivity index (χ4v) is 1.94. The molecule has 0 aliphatic heterocycles. The summed E-state index contributed by atoms with van der Waals surface area (Å²) in [5.74, 6) is -2.13. The quantitative estimate of drug-likeness (QED) is 0.506. The number of carbonyl (C=O) groups is 3. The first-order chi connectivity index (χ1) is 10.7. The van der Waals surface area contributed by atoms with E-state index in [0.717, 1.165) is 18.4 Å². The molecule has 0 atom stereocenters. The summed E-state index contributed by atoms with van der Waals surface area (Å²) < 4.78 is 5.19. The minimum atomic E-state index is -1.58. The molecule has 0 spiro atoms. The summed E-state index contributed by atoms with van der Waals surface area (Å²) in [6.07, 6.45) is 2.57. The van der Waals surface area contributed by atoms with Crippen LogP contribution in [0.3, 0.4) is 0 Å². The molecule has 1 heterocycles. The van der Waals surface area contributed by atoms with E-state index in [1.165, 1.54) is 6.20 Å². The Kier molecular flexibility index (Phi) is 6.41. The second-order valence-corrected chi connectivity index (χ2v) is 6.32. The maximum atomic E-state index is 11.9. The van der Waals surface area contributed by atoms with Gasteiger partial charge in [-0.15, -0.1) is 0 Å². The smallest absolute Gasteiger partial charge is 1.00 e. The molecule has 1 aliphatic carbocycles. The van der Waals surface area contributed by atoms with Crippen molar-refractivity contribution in [2.75, 3.05) is 10.6 Å². The van der Waals surface area contributed by atoms with Crippen LogP contribution < -0.4 is 29.5 Å². The Bertz CT molecular complexity index is 659. The molecule has 2 rings (SSSR count). The zero-order valence-electron chi connectivity index (χ0n) is 15.2. The third-order valence-corrected chi connectivity index (χ3v) is 3.01. The van der Waals surface area contributed by atoms with Crippen molar-refractivity contribution < 1.29 is 44.5 Å². The van der Waals surface area contributed by atoms with Gasteiger partial charge in [0, 0.05) is 5.56 Å². The predicted octanol–water partition coefficient (Wildman–Crippen LogP) is -0.554. The second-order valence-electron chi connectivity index (χ2n) is 6.32. The number of hydrogen-bond donors (Lipinski definition) is 3. The molecule has 2 amide bonds. The van der Waals surface area contributed by atoms with Crippen molar-refractivity contribution in [2.24, 2.45) is 0 Å². The molecule has 24 heavy (non-hydrogen) atoms. The van der Waals surface area contributed by atoms with Crippen molar-refractivity contribution in [3.8, 4) is 0 Å². The van der Waals surface area contributed by atoms with E-state index in [4.69, 9.17) is 9.84 Å².